The van der Waals surface area contributed by atoms with Crippen molar-refractivity contribution in [2.24, 2.45) is 5.92 Å². The summed E-state index contributed by atoms with van der Waals surface area (Å²) in [6, 6.07) is 0. The molecule has 2 heteroatoms. The van der Waals surface area contributed by atoms with Crippen molar-refractivity contribution in [3.05, 3.63) is 12.2 Å². The number of allylic oxidation sites excluding steroid dienone is 1. The minimum atomic E-state index is -0.203. The fourth-order valence-electron chi connectivity index (χ4n) is 1.94. The van der Waals surface area contributed by atoms with Crippen molar-refractivity contribution < 1.29 is 9.53 Å². The van der Waals surface area contributed by atoms with Crippen LogP contribution in [-0.4, -0.2) is 12.1 Å². The highest BCUT2D eigenvalue weighted by molar-refractivity contribution is 5.66. The Morgan fingerprint density at radius 1 is 1.36 bits per heavy atom. The van der Waals surface area contributed by atoms with Gasteiger partial charge >= 0.3 is 5.97 Å². The lowest BCUT2D eigenvalue weighted by Crippen LogP contribution is -2.10. The highest BCUT2D eigenvalue weighted by Gasteiger charge is 2.10. The molecular weight excluding hydrogens is 176 g/mol. The number of esters is 1. The van der Waals surface area contributed by atoms with Gasteiger partial charge in [0.25, 0.3) is 0 Å². The van der Waals surface area contributed by atoms with Crippen LogP contribution in [-0.2, 0) is 9.53 Å². The topological polar surface area (TPSA) is 26.3 Å². The first-order chi connectivity index (χ1) is 6.68. The van der Waals surface area contributed by atoms with Crippen molar-refractivity contribution in [3.8, 4) is 0 Å². The maximum atomic E-state index is 10.6. The molecule has 0 heterocycles. The Morgan fingerprint density at radius 2 is 2.00 bits per heavy atom. The number of hydrogen-bond acceptors (Lipinski definition) is 2. The third kappa shape index (κ3) is 4.45. The molecule has 80 valence electrons. The van der Waals surface area contributed by atoms with E-state index in [1.54, 1.807) is 0 Å². The molecular formula is C12H20O2. The van der Waals surface area contributed by atoms with Gasteiger partial charge in [-0.15, -0.1) is 0 Å². The Hall–Kier alpha value is -0.790. The van der Waals surface area contributed by atoms with Crippen LogP contribution in [0, 0.1) is 5.92 Å². The third-order valence-corrected chi connectivity index (χ3v) is 2.66. The molecule has 2 nitrogen and oxygen atoms in total. The number of carbonyl (C=O) groups excluding carboxylic acids is 1. The molecule has 1 rings (SSSR count). The monoisotopic (exact) mass is 196 g/mol. The van der Waals surface area contributed by atoms with Gasteiger partial charge < -0.3 is 4.74 Å². The summed E-state index contributed by atoms with van der Waals surface area (Å²) in [5.74, 6) is 0.507. The van der Waals surface area contributed by atoms with E-state index >= 15 is 0 Å². The Morgan fingerprint density at radius 3 is 2.57 bits per heavy atom. The highest BCUT2D eigenvalue weighted by Crippen LogP contribution is 2.24. The molecule has 0 radical (unpaired) electrons. The molecule has 0 spiro atoms. The van der Waals surface area contributed by atoms with Gasteiger partial charge in [-0.1, -0.05) is 25.3 Å². The average molecular weight is 196 g/mol. The summed E-state index contributed by atoms with van der Waals surface area (Å²) in [6.45, 7) is 3.35. The number of carbonyl (C=O) groups is 1. The van der Waals surface area contributed by atoms with E-state index in [2.05, 4.69) is 6.08 Å². The van der Waals surface area contributed by atoms with Crippen molar-refractivity contribution >= 4 is 5.97 Å². The SMILES string of the molecule is CC(=O)OC(C)C=CC1CCCCC1. The molecule has 0 amide bonds. The van der Waals surface area contributed by atoms with Crippen LogP contribution in [0.25, 0.3) is 0 Å². The van der Waals surface area contributed by atoms with Crippen LogP contribution in [0.1, 0.15) is 46.0 Å². The molecule has 1 atom stereocenters. The van der Waals surface area contributed by atoms with Crippen LogP contribution >= 0.6 is 0 Å². The molecule has 0 aromatic rings. The molecule has 14 heavy (non-hydrogen) atoms. The first kappa shape index (κ1) is 11.3. The van der Waals surface area contributed by atoms with E-state index in [-0.39, 0.29) is 12.1 Å². The van der Waals surface area contributed by atoms with Crippen LogP contribution in [0.2, 0.25) is 0 Å². The Labute approximate surface area is 86.3 Å². The summed E-state index contributed by atoms with van der Waals surface area (Å²) >= 11 is 0. The molecule has 1 saturated carbocycles. The van der Waals surface area contributed by atoms with Crippen LogP contribution in [0.5, 0.6) is 0 Å². The van der Waals surface area contributed by atoms with Gasteiger partial charge in [-0.2, -0.15) is 0 Å². The van der Waals surface area contributed by atoms with E-state index in [9.17, 15) is 4.79 Å². The molecule has 1 aliphatic rings. The van der Waals surface area contributed by atoms with Crippen molar-refractivity contribution in [2.75, 3.05) is 0 Å². The van der Waals surface area contributed by atoms with Crippen molar-refractivity contribution in [3.63, 3.8) is 0 Å². The lowest BCUT2D eigenvalue weighted by atomic mass is 9.89. The van der Waals surface area contributed by atoms with Crippen molar-refractivity contribution in [2.45, 2.75) is 52.1 Å². The Kier molecular flexibility index (Phi) is 4.71. The van der Waals surface area contributed by atoms with Gasteiger partial charge in [0.1, 0.15) is 6.10 Å². The normalized spacial score (nSPS) is 21.0. The molecule has 1 fully saturated rings. The van der Waals surface area contributed by atoms with E-state index < -0.39 is 0 Å². The summed E-state index contributed by atoms with van der Waals surface area (Å²) in [5, 5.41) is 0. The van der Waals surface area contributed by atoms with Gasteiger partial charge in [0, 0.05) is 6.92 Å². The minimum absolute atomic E-state index is 0.0746. The van der Waals surface area contributed by atoms with Gasteiger partial charge in [0.05, 0.1) is 0 Å². The largest absolute Gasteiger partial charge is 0.459 e. The Bertz CT molecular complexity index is 202. The zero-order valence-corrected chi connectivity index (χ0v) is 9.16. The smallest absolute Gasteiger partial charge is 0.303 e. The maximum Gasteiger partial charge on any atom is 0.303 e. The predicted molar refractivity (Wildman–Crippen MR) is 56.9 cm³/mol. The van der Waals surface area contributed by atoms with E-state index in [0.29, 0.717) is 5.92 Å². The fourth-order valence-corrected chi connectivity index (χ4v) is 1.94. The standard InChI is InChI=1S/C12H20O2/c1-10(14-11(2)13)8-9-12-6-4-3-5-7-12/h8-10,12H,3-7H2,1-2H3. The summed E-state index contributed by atoms with van der Waals surface area (Å²) < 4.78 is 5.02. The van der Waals surface area contributed by atoms with Gasteiger partial charge in [0.15, 0.2) is 0 Å². The van der Waals surface area contributed by atoms with Crippen LogP contribution in [0.3, 0.4) is 0 Å². The quantitative estimate of drug-likeness (QED) is 0.512. The first-order valence-corrected chi connectivity index (χ1v) is 5.54. The van der Waals surface area contributed by atoms with Gasteiger partial charge in [-0.3, -0.25) is 4.79 Å². The fraction of sp³-hybridized carbons (Fsp3) is 0.750. The third-order valence-electron chi connectivity index (χ3n) is 2.66. The van der Waals surface area contributed by atoms with Gasteiger partial charge in [0.2, 0.25) is 0 Å². The first-order valence-electron chi connectivity index (χ1n) is 5.54. The lowest BCUT2D eigenvalue weighted by molar-refractivity contribution is -0.143. The zero-order valence-electron chi connectivity index (χ0n) is 9.16. The van der Waals surface area contributed by atoms with Gasteiger partial charge in [-0.25, -0.2) is 0 Å². The van der Waals surface area contributed by atoms with Crippen LogP contribution in [0.4, 0.5) is 0 Å². The average Bonchev–Trinajstić information content (AvgIpc) is 2.15. The second kappa shape index (κ2) is 5.84. The number of ether oxygens (including phenoxy) is 1. The molecule has 0 aliphatic heterocycles. The molecule has 0 bridgehead atoms. The van der Waals surface area contributed by atoms with Crippen molar-refractivity contribution in [1.29, 1.82) is 0 Å². The van der Waals surface area contributed by atoms with E-state index in [1.165, 1.54) is 39.0 Å². The summed E-state index contributed by atoms with van der Waals surface area (Å²) in [6.07, 6.45) is 10.8. The summed E-state index contributed by atoms with van der Waals surface area (Å²) in [4.78, 5) is 10.6. The zero-order chi connectivity index (χ0) is 10.4. The van der Waals surface area contributed by atoms with Gasteiger partial charge in [-0.05, 0) is 31.8 Å². The highest BCUT2D eigenvalue weighted by atomic mass is 16.5. The molecule has 0 aromatic carbocycles. The predicted octanol–water partition coefficient (Wildman–Crippen LogP) is 3.07. The van der Waals surface area contributed by atoms with E-state index in [1.807, 2.05) is 13.0 Å². The second-order valence-electron chi connectivity index (χ2n) is 4.10. The summed E-state index contributed by atoms with van der Waals surface area (Å²) in [5.41, 5.74) is 0. The number of hydrogen-bond donors (Lipinski definition) is 0. The molecule has 0 aromatic heterocycles. The molecule has 0 saturated heterocycles. The van der Waals surface area contributed by atoms with Crippen molar-refractivity contribution in [1.82, 2.24) is 0 Å². The Balaban J connectivity index is 2.26. The molecule has 1 aliphatic carbocycles. The number of rotatable bonds is 3. The second-order valence-corrected chi connectivity index (χ2v) is 4.10. The molecule has 1 unspecified atom stereocenters. The van der Waals surface area contributed by atoms with E-state index in [4.69, 9.17) is 4.74 Å². The van der Waals surface area contributed by atoms with Crippen LogP contribution < -0.4 is 0 Å². The molecule has 0 N–H and O–H groups in total. The lowest BCUT2D eigenvalue weighted by Gasteiger charge is -2.18. The maximum absolute atomic E-state index is 10.6. The van der Waals surface area contributed by atoms with Crippen LogP contribution in [0.15, 0.2) is 12.2 Å². The minimum Gasteiger partial charge on any atom is -0.459 e. The summed E-state index contributed by atoms with van der Waals surface area (Å²) in [7, 11) is 0. The van der Waals surface area contributed by atoms with E-state index in [0.717, 1.165) is 0 Å².